The molecule has 1 aliphatic rings. The zero-order valence-electron chi connectivity index (χ0n) is 13.4. The Morgan fingerprint density at radius 3 is 2.23 bits per heavy atom. The molecule has 0 aromatic carbocycles. The third-order valence-electron chi connectivity index (χ3n) is 3.82. The number of rotatable bonds is 4. The molecular formula is C17H25N3O2. The van der Waals surface area contributed by atoms with E-state index in [0.717, 1.165) is 25.7 Å². The van der Waals surface area contributed by atoms with Crippen molar-refractivity contribution in [3.8, 4) is 0 Å². The number of amides is 2. The molecule has 120 valence electrons. The van der Waals surface area contributed by atoms with Crippen LogP contribution in [0.2, 0.25) is 0 Å². The van der Waals surface area contributed by atoms with Crippen LogP contribution in [-0.4, -0.2) is 28.9 Å². The number of carbonyl (C=O) groups is 2. The van der Waals surface area contributed by atoms with Gasteiger partial charge in [-0.25, -0.2) is 4.98 Å². The average molecular weight is 303 g/mol. The number of hydrogen-bond donors (Lipinski definition) is 2. The Morgan fingerprint density at radius 1 is 1.05 bits per heavy atom. The summed E-state index contributed by atoms with van der Waals surface area (Å²) in [5, 5.41) is 5.83. The van der Waals surface area contributed by atoms with E-state index in [-0.39, 0.29) is 29.6 Å². The highest BCUT2D eigenvalue weighted by molar-refractivity contribution is 5.96. The molecule has 0 unspecified atom stereocenters. The lowest BCUT2D eigenvalue weighted by atomic mass is 10.1. The number of nitrogens with zero attached hydrogens (tertiary/aromatic N) is 1. The largest absolute Gasteiger partial charge is 0.349 e. The Balaban J connectivity index is 2.01. The third-order valence-corrected chi connectivity index (χ3v) is 3.82. The molecule has 1 heterocycles. The molecule has 2 N–H and O–H groups in total. The predicted octanol–water partition coefficient (Wildman–Crippen LogP) is 2.67. The average Bonchev–Trinajstić information content (AvgIpc) is 2.75. The Kier molecular flexibility index (Phi) is 5.92. The fourth-order valence-corrected chi connectivity index (χ4v) is 2.71. The van der Waals surface area contributed by atoms with Gasteiger partial charge in [-0.05, 0) is 38.8 Å². The number of aromatic nitrogens is 1. The quantitative estimate of drug-likeness (QED) is 0.840. The van der Waals surface area contributed by atoms with E-state index < -0.39 is 0 Å². The first-order valence-corrected chi connectivity index (χ1v) is 8.15. The maximum absolute atomic E-state index is 12.3. The summed E-state index contributed by atoms with van der Waals surface area (Å²) < 4.78 is 0. The van der Waals surface area contributed by atoms with Gasteiger partial charge in [-0.15, -0.1) is 0 Å². The van der Waals surface area contributed by atoms with E-state index in [9.17, 15) is 9.59 Å². The van der Waals surface area contributed by atoms with E-state index in [4.69, 9.17) is 0 Å². The zero-order valence-corrected chi connectivity index (χ0v) is 13.4. The van der Waals surface area contributed by atoms with E-state index in [1.54, 1.807) is 18.2 Å². The van der Waals surface area contributed by atoms with Gasteiger partial charge < -0.3 is 10.6 Å². The van der Waals surface area contributed by atoms with Crippen LogP contribution in [0.25, 0.3) is 0 Å². The lowest BCUT2D eigenvalue weighted by Gasteiger charge is -2.16. The van der Waals surface area contributed by atoms with Crippen molar-refractivity contribution in [1.29, 1.82) is 0 Å². The number of pyridine rings is 1. The van der Waals surface area contributed by atoms with Crippen molar-refractivity contribution in [2.75, 3.05) is 0 Å². The molecule has 0 aliphatic heterocycles. The highest BCUT2D eigenvalue weighted by Gasteiger charge is 2.17. The minimum Gasteiger partial charge on any atom is -0.349 e. The summed E-state index contributed by atoms with van der Waals surface area (Å²) in [5.41, 5.74) is 0.586. The molecule has 1 aliphatic carbocycles. The molecule has 2 rings (SSSR count). The molecule has 1 fully saturated rings. The van der Waals surface area contributed by atoms with Crippen LogP contribution in [0.4, 0.5) is 0 Å². The molecule has 0 atom stereocenters. The maximum Gasteiger partial charge on any atom is 0.270 e. The lowest BCUT2D eigenvalue weighted by Crippen LogP contribution is -2.35. The van der Waals surface area contributed by atoms with Crippen molar-refractivity contribution in [2.24, 2.45) is 0 Å². The van der Waals surface area contributed by atoms with Gasteiger partial charge in [0.1, 0.15) is 11.4 Å². The summed E-state index contributed by atoms with van der Waals surface area (Å²) in [5.74, 6) is -0.440. The first-order valence-electron chi connectivity index (χ1n) is 8.15. The van der Waals surface area contributed by atoms with E-state index in [0.29, 0.717) is 5.69 Å². The molecule has 22 heavy (non-hydrogen) atoms. The summed E-state index contributed by atoms with van der Waals surface area (Å²) in [6, 6.07) is 5.24. The lowest BCUT2D eigenvalue weighted by molar-refractivity contribution is 0.0927. The monoisotopic (exact) mass is 303 g/mol. The van der Waals surface area contributed by atoms with Crippen molar-refractivity contribution >= 4 is 11.8 Å². The van der Waals surface area contributed by atoms with Gasteiger partial charge in [0.15, 0.2) is 0 Å². The van der Waals surface area contributed by atoms with Crippen LogP contribution in [0.15, 0.2) is 18.2 Å². The van der Waals surface area contributed by atoms with Crippen molar-refractivity contribution in [3.63, 3.8) is 0 Å². The highest BCUT2D eigenvalue weighted by Crippen LogP contribution is 2.17. The second kappa shape index (κ2) is 7.92. The van der Waals surface area contributed by atoms with Gasteiger partial charge in [-0.1, -0.05) is 31.7 Å². The van der Waals surface area contributed by atoms with Gasteiger partial charge in [-0.3, -0.25) is 9.59 Å². The SMILES string of the molecule is CC(C)NC(=O)c1cccc(C(=O)NC2CCCCCC2)n1. The molecule has 0 radical (unpaired) electrons. The summed E-state index contributed by atoms with van der Waals surface area (Å²) in [6.07, 6.45) is 6.87. The number of carbonyl (C=O) groups excluding carboxylic acids is 2. The fourth-order valence-electron chi connectivity index (χ4n) is 2.71. The molecule has 5 nitrogen and oxygen atoms in total. The van der Waals surface area contributed by atoms with Crippen LogP contribution in [0.3, 0.4) is 0 Å². The van der Waals surface area contributed by atoms with Crippen LogP contribution in [-0.2, 0) is 0 Å². The van der Waals surface area contributed by atoms with Crippen molar-refractivity contribution < 1.29 is 9.59 Å². The van der Waals surface area contributed by atoms with Crippen LogP contribution in [0, 0.1) is 0 Å². The highest BCUT2D eigenvalue weighted by atomic mass is 16.2. The smallest absolute Gasteiger partial charge is 0.270 e. The molecule has 1 aromatic heterocycles. The Hall–Kier alpha value is -1.91. The molecule has 1 aromatic rings. The third kappa shape index (κ3) is 4.83. The predicted molar refractivity (Wildman–Crippen MR) is 85.8 cm³/mol. The van der Waals surface area contributed by atoms with Crippen molar-refractivity contribution in [3.05, 3.63) is 29.6 Å². The van der Waals surface area contributed by atoms with Crippen molar-refractivity contribution in [1.82, 2.24) is 15.6 Å². The zero-order chi connectivity index (χ0) is 15.9. The molecule has 5 heteroatoms. The molecule has 1 saturated carbocycles. The van der Waals surface area contributed by atoms with Crippen LogP contribution in [0.5, 0.6) is 0 Å². The molecule has 2 amide bonds. The van der Waals surface area contributed by atoms with E-state index in [2.05, 4.69) is 15.6 Å². The summed E-state index contributed by atoms with van der Waals surface area (Å²) in [6.45, 7) is 3.78. The van der Waals surface area contributed by atoms with E-state index in [1.807, 2.05) is 13.8 Å². The summed E-state index contributed by atoms with van der Waals surface area (Å²) in [7, 11) is 0. The Bertz CT molecular complexity index is 520. The Labute approximate surface area is 131 Å². The van der Waals surface area contributed by atoms with Gasteiger partial charge in [0.2, 0.25) is 0 Å². The maximum atomic E-state index is 12.3. The molecular weight excluding hydrogens is 278 g/mol. The summed E-state index contributed by atoms with van der Waals surface area (Å²) in [4.78, 5) is 28.5. The van der Waals surface area contributed by atoms with Gasteiger partial charge in [-0.2, -0.15) is 0 Å². The van der Waals surface area contributed by atoms with Gasteiger partial charge in [0, 0.05) is 12.1 Å². The van der Waals surface area contributed by atoms with Crippen LogP contribution >= 0.6 is 0 Å². The summed E-state index contributed by atoms with van der Waals surface area (Å²) >= 11 is 0. The second-order valence-electron chi connectivity index (χ2n) is 6.20. The normalized spacial score (nSPS) is 16.1. The van der Waals surface area contributed by atoms with Crippen LogP contribution < -0.4 is 10.6 Å². The number of nitrogens with one attached hydrogen (secondary N) is 2. The first kappa shape index (κ1) is 16.5. The standard InChI is InChI=1S/C17H25N3O2/c1-12(2)18-16(21)14-10-7-11-15(20-14)17(22)19-13-8-5-3-4-6-9-13/h7,10-13H,3-6,8-9H2,1-2H3,(H,18,21)(H,19,22). The fraction of sp³-hybridized carbons (Fsp3) is 0.588. The van der Waals surface area contributed by atoms with E-state index >= 15 is 0 Å². The van der Waals surface area contributed by atoms with Gasteiger partial charge in [0.25, 0.3) is 11.8 Å². The minimum absolute atomic E-state index is 0.0396. The minimum atomic E-state index is -0.251. The van der Waals surface area contributed by atoms with Crippen molar-refractivity contribution in [2.45, 2.75) is 64.5 Å². The topological polar surface area (TPSA) is 71.1 Å². The molecule has 0 saturated heterocycles. The van der Waals surface area contributed by atoms with Gasteiger partial charge in [0.05, 0.1) is 0 Å². The second-order valence-corrected chi connectivity index (χ2v) is 6.20. The molecule has 0 spiro atoms. The molecule has 0 bridgehead atoms. The first-order chi connectivity index (χ1) is 10.6. The van der Waals surface area contributed by atoms with E-state index in [1.165, 1.54) is 12.8 Å². The van der Waals surface area contributed by atoms with Crippen LogP contribution in [0.1, 0.15) is 73.3 Å². The van der Waals surface area contributed by atoms with Gasteiger partial charge >= 0.3 is 0 Å². The number of hydrogen-bond acceptors (Lipinski definition) is 3. The Morgan fingerprint density at radius 2 is 1.64 bits per heavy atom.